The third kappa shape index (κ3) is 2.77. The summed E-state index contributed by atoms with van der Waals surface area (Å²) < 4.78 is 49.7. The van der Waals surface area contributed by atoms with Crippen LogP contribution in [0.5, 0.6) is 0 Å². The Kier molecular flexibility index (Phi) is 4.86. The van der Waals surface area contributed by atoms with Crippen LogP contribution in [0.15, 0.2) is 0 Å². The average Bonchev–Trinajstić information content (AvgIpc) is 2.75. The fourth-order valence-electron chi connectivity index (χ4n) is 2.52. The molecule has 0 bridgehead atoms. The van der Waals surface area contributed by atoms with Gasteiger partial charge in [-0.15, -0.1) is 0 Å². The molecule has 1 aliphatic carbocycles. The van der Waals surface area contributed by atoms with E-state index in [2.05, 4.69) is 0 Å². The second kappa shape index (κ2) is 5.58. The van der Waals surface area contributed by atoms with Gasteiger partial charge < -0.3 is 5.73 Å². The highest BCUT2D eigenvalue weighted by Crippen LogP contribution is 2.37. The number of nitrogens with zero attached hydrogens (tertiary/aromatic N) is 1. The maximum atomic E-state index is 12.7. The first-order valence-corrected chi connectivity index (χ1v) is 7.41. The second-order valence-corrected chi connectivity index (χ2v) is 6.34. The highest BCUT2D eigenvalue weighted by molar-refractivity contribution is 7.89. The molecule has 0 saturated heterocycles. The summed E-state index contributed by atoms with van der Waals surface area (Å²) in [7, 11) is -4.54. The lowest BCUT2D eigenvalue weighted by molar-refractivity contribution is 0.163. The molecule has 1 aliphatic rings. The molecule has 1 saturated carbocycles. The number of hydrogen-bond donors (Lipinski definition) is 1. The first-order chi connectivity index (χ1) is 7.90. The van der Waals surface area contributed by atoms with E-state index < -0.39 is 21.3 Å². The zero-order valence-corrected chi connectivity index (χ0v) is 10.8. The first kappa shape index (κ1) is 14.8. The second-order valence-electron chi connectivity index (χ2n) is 4.51. The minimum atomic E-state index is -4.54. The quantitative estimate of drug-likeness (QED) is 0.796. The van der Waals surface area contributed by atoms with Crippen LogP contribution in [-0.4, -0.2) is 37.1 Å². The minimum absolute atomic E-state index is 0.110. The fraction of sp³-hybridized carbons (Fsp3) is 1.00. The van der Waals surface area contributed by atoms with E-state index in [0.29, 0.717) is 19.3 Å². The van der Waals surface area contributed by atoms with Gasteiger partial charge in [0.1, 0.15) is 0 Å². The summed E-state index contributed by atoms with van der Waals surface area (Å²) in [6.45, 7) is 2.00. The number of halogens is 2. The molecule has 0 spiro atoms. The highest BCUT2D eigenvalue weighted by Gasteiger charge is 2.47. The van der Waals surface area contributed by atoms with Crippen molar-refractivity contribution < 1.29 is 17.2 Å². The molecule has 0 aromatic heterocycles. The van der Waals surface area contributed by atoms with Crippen molar-refractivity contribution >= 4 is 10.0 Å². The van der Waals surface area contributed by atoms with Crippen LogP contribution in [0.25, 0.3) is 0 Å². The summed E-state index contributed by atoms with van der Waals surface area (Å²) in [6, 6.07) is 0. The van der Waals surface area contributed by atoms with E-state index in [9.17, 15) is 17.2 Å². The SMILES string of the molecule is CCCN(C1(CN)CCCC1)S(=O)(=O)C(F)F. The van der Waals surface area contributed by atoms with Gasteiger partial charge in [-0.1, -0.05) is 19.8 Å². The molecule has 0 heterocycles. The van der Waals surface area contributed by atoms with Gasteiger partial charge in [-0.3, -0.25) is 0 Å². The molecule has 4 nitrogen and oxygen atoms in total. The summed E-state index contributed by atoms with van der Waals surface area (Å²) in [6.07, 6.45) is 3.35. The number of sulfonamides is 1. The normalized spacial score (nSPS) is 20.4. The molecule has 0 atom stereocenters. The summed E-state index contributed by atoms with van der Waals surface area (Å²) in [4.78, 5) is 0. The van der Waals surface area contributed by atoms with Gasteiger partial charge in [0.25, 0.3) is 10.0 Å². The monoisotopic (exact) mass is 270 g/mol. The Bertz CT molecular complexity index is 340. The molecule has 0 aromatic rings. The maximum absolute atomic E-state index is 12.7. The lowest BCUT2D eigenvalue weighted by atomic mass is 9.98. The zero-order chi connectivity index (χ0) is 13.1. The van der Waals surface area contributed by atoms with Crippen molar-refractivity contribution in [1.82, 2.24) is 4.31 Å². The van der Waals surface area contributed by atoms with Gasteiger partial charge in [0.15, 0.2) is 0 Å². The first-order valence-electron chi connectivity index (χ1n) is 5.90. The lowest BCUT2D eigenvalue weighted by Gasteiger charge is -2.39. The molecule has 2 N–H and O–H groups in total. The van der Waals surface area contributed by atoms with Gasteiger partial charge in [0, 0.05) is 18.6 Å². The third-order valence-corrected chi connectivity index (χ3v) is 5.04. The predicted octanol–water partition coefficient (Wildman–Crippen LogP) is 1.52. The Labute approximate surface area is 101 Å². The largest absolute Gasteiger partial charge is 0.350 e. The molecule has 0 aromatic carbocycles. The van der Waals surface area contributed by atoms with Crippen LogP contribution in [0, 0.1) is 0 Å². The average molecular weight is 270 g/mol. The summed E-state index contributed by atoms with van der Waals surface area (Å²) in [5.41, 5.74) is 4.86. The standard InChI is InChI=1S/C10H20F2N2O2S/c1-2-7-14(17(15,16)9(11)12)10(8-13)5-3-4-6-10/h9H,2-8,13H2,1H3. The molecule has 1 fully saturated rings. The van der Waals surface area contributed by atoms with Crippen molar-refractivity contribution in [2.75, 3.05) is 13.1 Å². The molecule has 7 heteroatoms. The molecule has 17 heavy (non-hydrogen) atoms. The number of rotatable bonds is 6. The van der Waals surface area contributed by atoms with E-state index in [1.54, 1.807) is 6.92 Å². The summed E-state index contributed by atoms with van der Waals surface area (Å²) >= 11 is 0. The van der Waals surface area contributed by atoms with Crippen molar-refractivity contribution in [2.45, 2.75) is 50.3 Å². The van der Waals surface area contributed by atoms with Crippen molar-refractivity contribution in [2.24, 2.45) is 5.73 Å². The van der Waals surface area contributed by atoms with Crippen molar-refractivity contribution in [3.63, 3.8) is 0 Å². The van der Waals surface area contributed by atoms with Gasteiger partial charge in [0.2, 0.25) is 0 Å². The van der Waals surface area contributed by atoms with Crippen LogP contribution in [0.4, 0.5) is 8.78 Å². The van der Waals surface area contributed by atoms with Crippen LogP contribution in [0.3, 0.4) is 0 Å². The van der Waals surface area contributed by atoms with Crippen LogP contribution >= 0.6 is 0 Å². The maximum Gasteiger partial charge on any atom is 0.350 e. The van der Waals surface area contributed by atoms with Crippen molar-refractivity contribution in [3.8, 4) is 0 Å². The van der Waals surface area contributed by atoms with E-state index in [1.165, 1.54) is 0 Å². The minimum Gasteiger partial charge on any atom is -0.329 e. The van der Waals surface area contributed by atoms with Crippen LogP contribution in [0.2, 0.25) is 0 Å². The van der Waals surface area contributed by atoms with Gasteiger partial charge in [-0.2, -0.15) is 13.1 Å². The molecular formula is C10H20F2N2O2S. The smallest absolute Gasteiger partial charge is 0.329 e. The van der Waals surface area contributed by atoms with Crippen LogP contribution in [0.1, 0.15) is 39.0 Å². The Morgan fingerprint density at radius 1 is 1.35 bits per heavy atom. The lowest BCUT2D eigenvalue weighted by Crippen LogP contribution is -2.56. The molecule has 102 valence electrons. The van der Waals surface area contributed by atoms with Crippen LogP contribution < -0.4 is 5.73 Å². The van der Waals surface area contributed by atoms with Gasteiger partial charge in [-0.25, -0.2) is 8.42 Å². The van der Waals surface area contributed by atoms with Crippen molar-refractivity contribution in [3.05, 3.63) is 0 Å². The van der Waals surface area contributed by atoms with E-state index >= 15 is 0 Å². The molecule has 0 aliphatic heterocycles. The topological polar surface area (TPSA) is 63.4 Å². The number of alkyl halides is 2. The van der Waals surface area contributed by atoms with Gasteiger partial charge in [0.05, 0.1) is 0 Å². The Morgan fingerprint density at radius 3 is 2.24 bits per heavy atom. The summed E-state index contributed by atoms with van der Waals surface area (Å²) in [5.74, 6) is -3.36. The van der Waals surface area contributed by atoms with E-state index in [1.807, 2.05) is 0 Å². The van der Waals surface area contributed by atoms with Crippen LogP contribution in [-0.2, 0) is 10.0 Å². The number of hydrogen-bond acceptors (Lipinski definition) is 3. The number of nitrogens with two attached hydrogens (primary N) is 1. The van der Waals surface area contributed by atoms with Gasteiger partial charge >= 0.3 is 5.76 Å². The van der Waals surface area contributed by atoms with E-state index in [-0.39, 0.29) is 13.1 Å². The Balaban J connectivity index is 3.07. The molecular weight excluding hydrogens is 250 g/mol. The highest BCUT2D eigenvalue weighted by atomic mass is 32.2. The molecule has 1 rings (SSSR count). The van der Waals surface area contributed by atoms with Crippen molar-refractivity contribution in [1.29, 1.82) is 0 Å². The van der Waals surface area contributed by atoms with E-state index in [4.69, 9.17) is 5.73 Å². The molecule has 0 radical (unpaired) electrons. The Morgan fingerprint density at radius 2 is 1.88 bits per heavy atom. The van der Waals surface area contributed by atoms with E-state index in [0.717, 1.165) is 17.1 Å². The fourth-order valence-corrected chi connectivity index (χ4v) is 3.95. The van der Waals surface area contributed by atoms with Gasteiger partial charge in [-0.05, 0) is 19.3 Å². The zero-order valence-electron chi connectivity index (χ0n) is 10.0. The summed E-state index contributed by atoms with van der Waals surface area (Å²) in [5, 5.41) is 0. The molecule has 0 unspecified atom stereocenters. The third-order valence-electron chi connectivity index (χ3n) is 3.40. The Hall–Kier alpha value is -0.270. The predicted molar refractivity (Wildman–Crippen MR) is 62.2 cm³/mol. The molecule has 0 amide bonds.